The molecule has 0 saturated heterocycles. The molecule has 6 heteroatoms. The Balaban J connectivity index is 2.16. The first-order valence-corrected chi connectivity index (χ1v) is 7.31. The molecule has 0 radical (unpaired) electrons. The highest BCUT2D eigenvalue weighted by atomic mass is 32.2. The van der Waals surface area contributed by atoms with E-state index in [-0.39, 0.29) is 11.8 Å². The highest BCUT2D eigenvalue weighted by Gasteiger charge is 2.14. The third kappa shape index (κ3) is 3.90. The van der Waals surface area contributed by atoms with Crippen LogP contribution in [0.25, 0.3) is 0 Å². The number of rotatable bonds is 6. The second-order valence-corrected chi connectivity index (χ2v) is 5.35. The minimum atomic E-state index is -1.99. The van der Waals surface area contributed by atoms with Crippen molar-refractivity contribution in [3.8, 4) is 0 Å². The Hall–Kier alpha value is -1.66. The summed E-state index contributed by atoms with van der Waals surface area (Å²) in [5.41, 5.74) is 7.39. The lowest BCUT2D eigenvalue weighted by atomic mass is 10.0. The van der Waals surface area contributed by atoms with Gasteiger partial charge >= 0.3 is 0 Å². The average Bonchev–Trinajstić information content (AvgIpc) is 2.82. The van der Waals surface area contributed by atoms with Gasteiger partial charge in [0.2, 0.25) is 0 Å². The molecule has 2 rings (SSSR count). The van der Waals surface area contributed by atoms with Crippen LogP contribution < -0.4 is 5.73 Å². The van der Waals surface area contributed by atoms with Crippen molar-refractivity contribution < 1.29 is 8.76 Å². The molecule has 1 heterocycles. The number of nitrogen functional groups attached to an aromatic ring is 1. The number of nitrogens with zero attached hydrogens (tertiary/aromatic N) is 2. The third-order valence-corrected chi connectivity index (χ3v) is 3.54. The fourth-order valence-corrected chi connectivity index (χ4v) is 2.45. The van der Waals surface area contributed by atoms with E-state index in [1.165, 1.54) is 0 Å². The first-order valence-electron chi connectivity index (χ1n) is 6.07. The first kappa shape index (κ1) is 13.8. The molecule has 2 unspecified atom stereocenters. The smallest absolute Gasteiger partial charge is 0.0769 e. The summed E-state index contributed by atoms with van der Waals surface area (Å²) in [7, 11) is 0. The summed E-state index contributed by atoms with van der Waals surface area (Å²) < 4.78 is 23.0. The van der Waals surface area contributed by atoms with Crippen molar-refractivity contribution in [3.05, 3.63) is 48.3 Å². The second-order valence-electron chi connectivity index (χ2n) is 4.33. The number of hydrogen-bond acceptors (Lipinski definition) is 4. The Morgan fingerprint density at radius 3 is 2.68 bits per heavy atom. The lowest BCUT2D eigenvalue weighted by Crippen LogP contribution is -2.12. The van der Waals surface area contributed by atoms with Crippen LogP contribution in [-0.4, -0.2) is 24.3 Å². The molecule has 0 aliphatic heterocycles. The Labute approximate surface area is 114 Å². The molecule has 2 N–H and O–H groups in total. The van der Waals surface area contributed by atoms with Crippen LogP contribution in [0.2, 0.25) is 0 Å². The molecule has 0 bridgehead atoms. The fraction of sp³-hybridized carbons (Fsp3) is 0.308. The molecule has 2 aromatic rings. The molecule has 2 atom stereocenters. The minimum Gasteiger partial charge on any atom is -0.772 e. The van der Waals surface area contributed by atoms with Gasteiger partial charge in [0.15, 0.2) is 0 Å². The maximum Gasteiger partial charge on any atom is 0.0769 e. The predicted octanol–water partition coefficient (Wildman–Crippen LogP) is 1.71. The van der Waals surface area contributed by atoms with Crippen LogP contribution in [0.5, 0.6) is 0 Å². The number of anilines is 1. The lowest BCUT2D eigenvalue weighted by Gasteiger charge is -2.18. The van der Waals surface area contributed by atoms with Crippen molar-refractivity contribution in [1.82, 2.24) is 9.78 Å². The summed E-state index contributed by atoms with van der Waals surface area (Å²) in [6.45, 7) is 0. The van der Waals surface area contributed by atoms with E-state index in [0.29, 0.717) is 18.5 Å². The van der Waals surface area contributed by atoms with E-state index in [1.54, 1.807) is 17.1 Å². The molecule has 102 valence electrons. The summed E-state index contributed by atoms with van der Waals surface area (Å²) in [6.07, 6.45) is 4.67. The zero-order valence-corrected chi connectivity index (χ0v) is 11.3. The monoisotopic (exact) mass is 278 g/mol. The third-order valence-electron chi connectivity index (χ3n) is 2.91. The van der Waals surface area contributed by atoms with E-state index in [4.69, 9.17) is 5.73 Å². The Morgan fingerprint density at radius 1 is 1.37 bits per heavy atom. The van der Waals surface area contributed by atoms with Gasteiger partial charge in [0.05, 0.1) is 17.9 Å². The molecule has 0 fully saturated rings. The Morgan fingerprint density at radius 2 is 2.11 bits per heavy atom. The van der Waals surface area contributed by atoms with E-state index in [2.05, 4.69) is 5.10 Å². The largest absolute Gasteiger partial charge is 0.772 e. The zero-order valence-electron chi connectivity index (χ0n) is 10.4. The zero-order chi connectivity index (χ0) is 13.7. The number of benzene rings is 1. The van der Waals surface area contributed by atoms with E-state index in [1.807, 2.05) is 30.3 Å². The first-order chi connectivity index (χ1) is 9.16. The van der Waals surface area contributed by atoms with E-state index < -0.39 is 11.1 Å². The molecule has 0 aliphatic rings. The van der Waals surface area contributed by atoms with Crippen molar-refractivity contribution >= 4 is 16.8 Å². The van der Waals surface area contributed by atoms with Gasteiger partial charge in [0, 0.05) is 11.9 Å². The lowest BCUT2D eigenvalue weighted by molar-refractivity contribution is 0.478. The normalized spacial score (nSPS) is 14.2. The van der Waals surface area contributed by atoms with Crippen LogP contribution in [0.4, 0.5) is 5.69 Å². The standard InChI is InChI=1S/C13H17N3O2S/c14-12-9-15-16(10-12)13(7-4-8-19(17)18)11-5-2-1-3-6-11/h1-3,5-6,9-10,13H,4,7-8,14H2,(H,17,18)/p-1. The van der Waals surface area contributed by atoms with E-state index >= 15 is 0 Å². The van der Waals surface area contributed by atoms with Gasteiger partial charge in [-0.05, 0) is 18.4 Å². The van der Waals surface area contributed by atoms with Gasteiger partial charge in [-0.2, -0.15) is 5.10 Å². The van der Waals surface area contributed by atoms with Crippen molar-refractivity contribution in [1.29, 1.82) is 0 Å². The maximum atomic E-state index is 10.6. The highest BCUT2D eigenvalue weighted by molar-refractivity contribution is 7.79. The van der Waals surface area contributed by atoms with Crippen LogP contribution in [-0.2, 0) is 11.1 Å². The summed E-state index contributed by atoms with van der Waals surface area (Å²) in [5, 5.41) is 4.23. The molecule has 0 amide bonds. The van der Waals surface area contributed by atoms with Crippen molar-refractivity contribution in [3.63, 3.8) is 0 Å². The SMILES string of the molecule is Nc1cnn(C(CCCS(=O)[O-])c2ccccc2)c1. The van der Waals surface area contributed by atoms with Crippen molar-refractivity contribution in [2.24, 2.45) is 0 Å². The number of hydrogen-bond donors (Lipinski definition) is 1. The van der Waals surface area contributed by atoms with Gasteiger partial charge in [-0.15, -0.1) is 0 Å². The Bertz CT molecular complexity index is 542. The molecule has 1 aromatic heterocycles. The maximum absolute atomic E-state index is 10.6. The quantitative estimate of drug-likeness (QED) is 0.815. The highest BCUT2D eigenvalue weighted by Crippen LogP contribution is 2.23. The minimum absolute atomic E-state index is 0.0158. The van der Waals surface area contributed by atoms with E-state index in [0.717, 1.165) is 5.56 Å². The van der Waals surface area contributed by atoms with Crippen LogP contribution in [0.15, 0.2) is 42.7 Å². The second kappa shape index (κ2) is 6.49. The van der Waals surface area contributed by atoms with Crippen LogP contribution in [0.3, 0.4) is 0 Å². The van der Waals surface area contributed by atoms with Crippen LogP contribution >= 0.6 is 0 Å². The molecule has 0 aliphatic carbocycles. The van der Waals surface area contributed by atoms with Gasteiger partial charge in [0.1, 0.15) is 0 Å². The summed E-state index contributed by atoms with van der Waals surface area (Å²) in [5.74, 6) is 0.167. The van der Waals surface area contributed by atoms with Crippen LogP contribution in [0.1, 0.15) is 24.4 Å². The number of aromatic nitrogens is 2. The molecule has 5 nitrogen and oxygen atoms in total. The van der Waals surface area contributed by atoms with Gasteiger partial charge in [-0.3, -0.25) is 8.89 Å². The van der Waals surface area contributed by atoms with Crippen LogP contribution in [0, 0.1) is 0 Å². The molecular weight excluding hydrogens is 262 g/mol. The summed E-state index contributed by atoms with van der Waals surface area (Å²) in [4.78, 5) is 0. The molecule has 19 heavy (non-hydrogen) atoms. The topological polar surface area (TPSA) is 84.0 Å². The predicted molar refractivity (Wildman–Crippen MR) is 74.2 cm³/mol. The van der Waals surface area contributed by atoms with Gasteiger partial charge < -0.3 is 10.3 Å². The van der Waals surface area contributed by atoms with Gasteiger partial charge in [-0.1, -0.05) is 41.4 Å². The summed E-state index contributed by atoms with van der Waals surface area (Å²) >= 11 is -1.99. The summed E-state index contributed by atoms with van der Waals surface area (Å²) in [6, 6.07) is 9.90. The molecule has 0 saturated carbocycles. The van der Waals surface area contributed by atoms with Gasteiger partial charge in [0.25, 0.3) is 0 Å². The van der Waals surface area contributed by atoms with E-state index in [9.17, 15) is 8.76 Å². The molecular formula is C13H16N3O2S-. The Kier molecular flexibility index (Phi) is 4.70. The van der Waals surface area contributed by atoms with Crippen molar-refractivity contribution in [2.45, 2.75) is 18.9 Å². The average molecular weight is 278 g/mol. The molecule has 0 spiro atoms. The fourth-order valence-electron chi connectivity index (χ4n) is 2.04. The number of nitrogens with two attached hydrogens (primary N) is 1. The van der Waals surface area contributed by atoms with Gasteiger partial charge in [-0.25, -0.2) is 0 Å². The van der Waals surface area contributed by atoms with Crippen molar-refractivity contribution in [2.75, 3.05) is 11.5 Å². The molecule has 1 aromatic carbocycles.